The highest BCUT2D eigenvalue weighted by Gasteiger charge is 2.24. The maximum Gasteiger partial charge on any atom is 0.340 e. The first-order chi connectivity index (χ1) is 14.2. The van der Waals surface area contributed by atoms with E-state index in [0.717, 1.165) is 5.56 Å². The Hall–Kier alpha value is -3.42. The molecule has 8 nitrogen and oxygen atoms in total. The molecule has 0 aliphatic carbocycles. The van der Waals surface area contributed by atoms with Crippen LogP contribution in [-0.4, -0.2) is 41.8 Å². The summed E-state index contributed by atoms with van der Waals surface area (Å²) in [5, 5.41) is 2.71. The van der Waals surface area contributed by atoms with Gasteiger partial charge < -0.3 is 19.8 Å². The molecule has 0 bridgehead atoms. The molecule has 0 aliphatic rings. The molecule has 1 heterocycles. The summed E-state index contributed by atoms with van der Waals surface area (Å²) in [6.45, 7) is 6.10. The van der Waals surface area contributed by atoms with Crippen molar-refractivity contribution in [2.45, 2.75) is 40.2 Å². The number of nitrogens with one attached hydrogen (secondary N) is 2. The van der Waals surface area contributed by atoms with Crippen LogP contribution in [0, 0.1) is 13.8 Å². The van der Waals surface area contributed by atoms with Gasteiger partial charge in [-0.05, 0) is 31.9 Å². The van der Waals surface area contributed by atoms with E-state index >= 15 is 0 Å². The predicted molar refractivity (Wildman–Crippen MR) is 109 cm³/mol. The van der Waals surface area contributed by atoms with Gasteiger partial charge in [-0.15, -0.1) is 0 Å². The average Bonchev–Trinajstić information content (AvgIpc) is 3.00. The number of carbonyl (C=O) groups is 4. The summed E-state index contributed by atoms with van der Waals surface area (Å²) in [6, 6.07) is 8.46. The average molecular weight is 414 g/mol. The van der Waals surface area contributed by atoms with Crippen LogP contribution in [0.25, 0.3) is 0 Å². The van der Waals surface area contributed by atoms with Crippen molar-refractivity contribution >= 4 is 23.6 Å². The van der Waals surface area contributed by atoms with Crippen molar-refractivity contribution in [3.05, 3.63) is 58.4 Å². The van der Waals surface area contributed by atoms with Crippen LogP contribution in [-0.2, 0) is 19.1 Å². The molecular weight excluding hydrogens is 388 g/mol. The Kier molecular flexibility index (Phi) is 7.91. The van der Waals surface area contributed by atoms with Gasteiger partial charge in [-0.3, -0.25) is 14.4 Å². The van der Waals surface area contributed by atoms with Crippen LogP contribution >= 0.6 is 0 Å². The Balaban J connectivity index is 2.03. The standard InChI is InChI=1S/C22H26N2O6/c1-5-29-22(28)20-13(2)21(23-14(20)3)18(26)12-30-19(27)11-17(24-15(4)25)16-9-7-6-8-10-16/h6-10,17,23H,5,11-12H2,1-4H3,(H,24,25)/t17-/m1/s1. The molecule has 0 saturated heterocycles. The lowest BCUT2D eigenvalue weighted by Crippen LogP contribution is -2.29. The van der Waals surface area contributed by atoms with E-state index in [1.165, 1.54) is 6.92 Å². The summed E-state index contributed by atoms with van der Waals surface area (Å²) in [7, 11) is 0. The van der Waals surface area contributed by atoms with E-state index in [1.54, 1.807) is 45.0 Å². The zero-order valence-corrected chi connectivity index (χ0v) is 17.5. The fourth-order valence-corrected chi connectivity index (χ4v) is 3.17. The minimum atomic E-state index is -0.627. The van der Waals surface area contributed by atoms with E-state index in [0.29, 0.717) is 16.8 Å². The molecule has 0 aliphatic heterocycles. The van der Waals surface area contributed by atoms with Gasteiger partial charge >= 0.3 is 11.9 Å². The molecule has 0 fully saturated rings. The van der Waals surface area contributed by atoms with E-state index in [4.69, 9.17) is 9.47 Å². The number of esters is 2. The topological polar surface area (TPSA) is 115 Å². The second kappa shape index (κ2) is 10.4. The number of benzene rings is 1. The zero-order chi connectivity index (χ0) is 22.3. The van der Waals surface area contributed by atoms with Crippen LogP contribution in [0.2, 0.25) is 0 Å². The molecule has 160 valence electrons. The SMILES string of the molecule is CCOC(=O)c1c(C)[nH]c(C(=O)COC(=O)C[C@@H](NC(C)=O)c2ccccc2)c1C. The van der Waals surface area contributed by atoms with Crippen LogP contribution in [0.1, 0.15) is 64.0 Å². The predicted octanol–water partition coefficient (Wildman–Crippen LogP) is 2.80. The molecule has 1 aromatic carbocycles. The fourth-order valence-electron chi connectivity index (χ4n) is 3.17. The molecule has 2 N–H and O–H groups in total. The van der Waals surface area contributed by atoms with Crippen molar-refractivity contribution in [2.24, 2.45) is 0 Å². The molecule has 2 aromatic rings. The van der Waals surface area contributed by atoms with E-state index in [1.807, 2.05) is 6.07 Å². The van der Waals surface area contributed by atoms with Gasteiger partial charge in [0.1, 0.15) is 0 Å². The maximum absolute atomic E-state index is 12.5. The number of ketones is 1. The molecular formula is C22H26N2O6. The molecule has 0 saturated carbocycles. The first kappa shape index (κ1) is 22.9. The number of amides is 1. The molecule has 30 heavy (non-hydrogen) atoms. The zero-order valence-electron chi connectivity index (χ0n) is 17.5. The molecule has 8 heteroatoms. The minimum absolute atomic E-state index is 0.117. The lowest BCUT2D eigenvalue weighted by molar-refractivity contribution is -0.143. The monoisotopic (exact) mass is 414 g/mol. The Bertz CT molecular complexity index is 933. The first-order valence-electron chi connectivity index (χ1n) is 9.61. The van der Waals surface area contributed by atoms with Crippen molar-refractivity contribution in [1.82, 2.24) is 10.3 Å². The summed E-state index contributed by atoms with van der Waals surface area (Å²) >= 11 is 0. The lowest BCUT2D eigenvalue weighted by Gasteiger charge is -2.17. The smallest absolute Gasteiger partial charge is 0.340 e. The third kappa shape index (κ3) is 5.79. The largest absolute Gasteiger partial charge is 0.462 e. The van der Waals surface area contributed by atoms with Crippen molar-refractivity contribution in [2.75, 3.05) is 13.2 Å². The van der Waals surface area contributed by atoms with Gasteiger partial charge in [0.05, 0.1) is 30.3 Å². The number of hydrogen-bond acceptors (Lipinski definition) is 6. The number of carbonyl (C=O) groups excluding carboxylic acids is 4. The van der Waals surface area contributed by atoms with Crippen molar-refractivity contribution < 1.29 is 28.7 Å². The Labute approximate surface area is 175 Å². The third-order valence-corrected chi connectivity index (χ3v) is 4.51. The van der Waals surface area contributed by atoms with Crippen molar-refractivity contribution in [3.63, 3.8) is 0 Å². The fraction of sp³-hybridized carbons (Fsp3) is 0.364. The van der Waals surface area contributed by atoms with E-state index < -0.39 is 30.4 Å². The highest BCUT2D eigenvalue weighted by Crippen LogP contribution is 2.20. The van der Waals surface area contributed by atoms with Crippen molar-refractivity contribution in [1.29, 1.82) is 0 Å². The number of hydrogen-bond donors (Lipinski definition) is 2. The number of aromatic amines is 1. The van der Waals surface area contributed by atoms with Gasteiger partial charge in [0.15, 0.2) is 6.61 Å². The van der Waals surface area contributed by atoms with Crippen LogP contribution in [0.15, 0.2) is 30.3 Å². The third-order valence-electron chi connectivity index (χ3n) is 4.51. The molecule has 0 radical (unpaired) electrons. The highest BCUT2D eigenvalue weighted by atomic mass is 16.5. The quantitative estimate of drug-likeness (QED) is 0.482. The number of Topliss-reactive ketones (excluding diaryl/α,β-unsaturated/α-hetero) is 1. The van der Waals surface area contributed by atoms with Crippen LogP contribution in [0.4, 0.5) is 0 Å². The highest BCUT2D eigenvalue weighted by molar-refractivity contribution is 6.02. The van der Waals surface area contributed by atoms with Gasteiger partial charge in [0.25, 0.3) is 0 Å². The summed E-state index contributed by atoms with van der Waals surface area (Å²) in [6.07, 6.45) is -0.117. The van der Waals surface area contributed by atoms with E-state index in [9.17, 15) is 19.2 Å². The normalized spacial score (nSPS) is 11.5. The van der Waals surface area contributed by atoms with Gasteiger partial charge in [0, 0.05) is 12.6 Å². The summed E-state index contributed by atoms with van der Waals surface area (Å²) in [5.74, 6) is -1.88. The summed E-state index contributed by atoms with van der Waals surface area (Å²) in [5.41, 5.74) is 2.22. The number of ether oxygens (including phenoxy) is 2. The van der Waals surface area contributed by atoms with Gasteiger partial charge in [-0.1, -0.05) is 30.3 Å². The molecule has 0 spiro atoms. The van der Waals surface area contributed by atoms with Crippen molar-refractivity contribution in [3.8, 4) is 0 Å². The first-order valence-corrected chi connectivity index (χ1v) is 9.61. The molecule has 0 unspecified atom stereocenters. The Morgan fingerprint density at radius 2 is 1.73 bits per heavy atom. The number of aryl methyl sites for hydroxylation is 1. The summed E-state index contributed by atoms with van der Waals surface area (Å²) < 4.78 is 10.1. The Morgan fingerprint density at radius 3 is 2.33 bits per heavy atom. The molecule has 1 atom stereocenters. The van der Waals surface area contributed by atoms with Crippen LogP contribution in [0.3, 0.4) is 0 Å². The van der Waals surface area contributed by atoms with E-state index in [2.05, 4.69) is 10.3 Å². The number of rotatable bonds is 9. The molecule has 1 amide bonds. The van der Waals surface area contributed by atoms with Crippen LogP contribution in [0.5, 0.6) is 0 Å². The van der Waals surface area contributed by atoms with Gasteiger partial charge in [0.2, 0.25) is 11.7 Å². The second-order valence-corrected chi connectivity index (χ2v) is 6.80. The molecule has 1 aromatic heterocycles. The van der Waals surface area contributed by atoms with Gasteiger partial charge in [-0.25, -0.2) is 4.79 Å². The maximum atomic E-state index is 12.5. The second-order valence-electron chi connectivity index (χ2n) is 6.80. The molecule has 2 rings (SSSR count). The summed E-state index contributed by atoms with van der Waals surface area (Å²) in [4.78, 5) is 51.2. The van der Waals surface area contributed by atoms with Crippen LogP contribution < -0.4 is 5.32 Å². The van der Waals surface area contributed by atoms with E-state index in [-0.39, 0.29) is 24.6 Å². The lowest BCUT2D eigenvalue weighted by atomic mass is 10.0. The Morgan fingerprint density at radius 1 is 1.07 bits per heavy atom. The minimum Gasteiger partial charge on any atom is -0.462 e. The number of aromatic nitrogens is 1. The number of H-pyrrole nitrogens is 1. The van der Waals surface area contributed by atoms with Gasteiger partial charge in [-0.2, -0.15) is 0 Å².